The fourth-order valence-electron chi connectivity index (χ4n) is 2.26. The predicted molar refractivity (Wildman–Crippen MR) is 83.1 cm³/mol. The molecule has 0 spiro atoms. The number of amides is 1. The van der Waals surface area contributed by atoms with E-state index in [0.29, 0.717) is 29.5 Å². The normalized spacial score (nSPS) is 11.9. The van der Waals surface area contributed by atoms with E-state index in [4.69, 9.17) is 9.84 Å². The highest BCUT2D eigenvalue weighted by atomic mass is 32.1. The molecular weight excluding hydrogens is 290 g/mol. The Morgan fingerprint density at radius 2 is 2.14 bits per heavy atom. The zero-order valence-electron chi connectivity index (χ0n) is 12.6. The van der Waals surface area contributed by atoms with Crippen LogP contribution in [0.2, 0.25) is 0 Å². The molecular formula is C15H23NO4S. The van der Waals surface area contributed by atoms with Gasteiger partial charge >= 0.3 is 5.97 Å². The number of hydrogen-bond acceptors (Lipinski definition) is 4. The van der Waals surface area contributed by atoms with Crippen molar-refractivity contribution in [2.45, 2.75) is 39.0 Å². The van der Waals surface area contributed by atoms with Crippen LogP contribution in [0.1, 0.15) is 48.7 Å². The Morgan fingerprint density at radius 3 is 2.76 bits per heavy atom. The van der Waals surface area contributed by atoms with Crippen LogP contribution < -0.4 is 10.1 Å². The van der Waals surface area contributed by atoms with E-state index in [0.717, 1.165) is 19.3 Å². The number of carboxylic acid groups (broad SMARTS) is 1. The maximum Gasteiger partial charge on any atom is 0.303 e. The zero-order valence-corrected chi connectivity index (χ0v) is 13.4. The zero-order chi connectivity index (χ0) is 15.7. The lowest BCUT2D eigenvalue weighted by Crippen LogP contribution is -2.25. The summed E-state index contributed by atoms with van der Waals surface area (Å²) in [4.78, 5) is 23.2. The molecule has 0 aliphatic rings. The van der Waals surface area contributed by atoms with Gasteiger partial charge in [-0.15, -0.1) is 11.3 Å². The Morgan fingerprint density at radius 1 is 1.38 bits per heavy atom. The number of hydrogen-bond donors (Lipinski definition) is 2. The molecule has 0 saturated heterocycles. The summed E-state index contributed by atoms with van der Waals surface area (Å²) in [6.07, 6.45) is 3.68. The third-order valence-corrected chi connectivity index (χ3v) is 4.25. The van der Waals surface area contributed by atoms with Gasteiger partial charge in [-0.2, -0.15) is 0 Å². The standard InChI is InChI=1S/C15H23NO4S/c1-3-4-11(5-6-13(17)18)7-9-16-15(19)14-12(20-2)8-10-21-14/h8,10-11H,3-7,9H2,1-2H3,(H,16,19)(H,17,18). The minimum absolute atomic E-state index is 0.129. The first-order valence-electron chi connectivity index (χ1n) is 7.20. The van der Waals surface area contributed by atoms with Gasteiger partial charge in [0.05, 0.1) is 7.11 Å². The van der Waals surface area contributed by atoms with E-state index in [1.54, 1.807) is 13.2 Å². The maximum absolute atomic E-state index is 12.0. The van der Waals surface area contributed by atoms with Gasteiger partial charge in [0.25, 0.3) is 5.91 Å². The lowest BCUT2D eigenvalue weighted by molar-refractivity contribution is -0.137. The van der Waals surface area contributed by atoms with Crippen molar-refractivity contribution >= 4 is 23.2 Å². The van der Waals surface area contributed by atoms with E-state index in [2.05, 4.69) is 12.2 Å². The summed E-state index contributed by atoms with van der Waals surface area (Å²) >= 11 is 1.35. The van der Waals surface area contributed by atoms with E-state index in [1.165, 1.54) is 11.3 Å². The van der Waals surface area contributed by atoms with Crippen molar-refractivity contribution in [3.8, 4) is 5.75 Å². The lowest BCUT2D eigenvalue weighted by Gasteiger charge is -2.15. The second-order valence-corrected chi connectivity index (χ2v) is 5.87. The Bertz CT molecular complexity index is 458. The molecule has 1 amide bonds. The average molecular weight is 313 g/mol. The summed E-state index contributed by atoms with van der Waals surface area (Å²) in [7, 11) is 1.54. The van der Waals surface area contributed by atoms with Crippen LogP contribution in [0.5, 0.6) is 5.75 Å². The molecule has 21 heavy (non-hydrogen) atoms. The first kappa shape index (κ1) is 17.5. The van der Waals surface area contributed by atoms with Crippen LogP contribution in [0, 0.1) is 5.92 Å². The number of carboxylic acids is 1. The van der Waals surface area contributed by atoms with Crippen molar-refractivity contribution < 1.29 is 19.4 Å². The van der Waals surface area contributed by atoms with E-state index in [-0.39, 0.29) is 12.3 Å². The van der Waals surface area contributed by atoms with Crippen LogP contribution in [0.25, 0.3) is 0 Å². The minimum atomic E-state index is -0.761. The van der Waals surface area contributed by atoms with Gasteiger partial charge in [0.15, 0.2) is 0 Å². The average Bonchev–Trinajstić information content (AvgIpc) is 2.93. The molecule has 0 bridgehead atoms. The predicted octanol–water partition coefficient (Wildman–Crippen LogP) is 3.16. The fourth-order valence-corrected chi connectivity index (χ4v) is 3.04. The summed E-state index contributed by atoms with van der Waals surface area (Å²) in [5.41, 5.74) is 0. The number of ether oxygens (including phenoxy) is 1. The molecule has 1 rings (SSSR count). The second kappa shape index (κ2) is 9.39. The number of nitrogens with one attached hydrogen (secondary N) is 1. The number of methoxy groups -OCH3 is 1. The fraction of sp³-hybridized carbons (Fsp3) is 0.600. The molecule has 118 valence electrons. The van der Waals surface area contributed by atoms with Crippen LogP contribution >= 0.6 is 11.3 Å². The number of carbonyl (C=O) groups excluding carboxylic acids is 1. The summed E-state index contributed by atoms with van der Waals surface area (Å²) in [5.74, 6) is 0.0453. The molecule has 0 saturated carbocycles. The molecule has 1 atom stereocenters. The molecule has 1 unspecified atom stereocenters. The van der Waals surface area contributed by atoms with Gasteiger partial charge in [-0.3, -0.25) is 9.59 Å². The van der Waals surface area contributed by atoms with Crippen molar-refractivity contribution in [2.75, 3.05) is 13.7 Å². The largest absolute Gasteiger partial charge is 0.495 e. The summed E-state index contributed by atoms with van der Waals surface area (Å²) in [5, 5.41) is 13.4. The van der Waals surface area contributed by atoms with Gasteiger partial charge in [-0.25, -0.2) is 0 Å². The Hall–Kier alpha value is -1.56. The Balaban J connectivity index is 2.39. The molecule has 1 aromatic heterocycles. The SMILES string of the molecule is CCCC(CCNC(=O)c1sccc1OC)CCC(=O)O. The van der Waals surface area contributed by atoms with Crippen molar-refractivity contribution in [3.63, 3.8) is 0 Å². The molecule has 0 radical (unpaired) electrons. The molecule has 1 aromatic rings. The molecule has 6 heteroatoms. The summed E-state index contributed by atoms with van der Waals surface area (Å²) in [6.45, 7) is 2.65. The first-order chi connectivity index (χ1) is 10.1. The van der Waals surface area contributed by atoms with Crippen molar-refractivity contribution in [1.29, 1.82) is 0 Å². The van der Waals surface area contributed by atoms with Crippen molar-refractivity contribution in [3.05, 3.63) is 16.3 Å². The molecule has 0 aromatic carbocycles. The highest BCUT2D eigenvalue weighted by Gasteiger charge is 2.15. The monoisotopic (exact) mass is 313 g/mol. The van der Waals surface area contributed by atoms with Gasteiger partial charge in [0.2, 0.25) is 0 Å². The molecule has 1 heterocycles. The first-order valence-corrected chi connectivity index (χ1v) is 8.07. The second-order valence-electron chi connectivity index (χ2n) is 4.95. The van der Waals surface area contributed by atoms with Gasteiger partial charge in [-0.05, 0) is 30.2 Å². The van der Waals surface area contributed by atoms with E-state index in [9.17, 15) is 9.59 Å². The smallest absolute Gasteiger partial charge is 0.303 e. The van der Waals surface area contributed by atoms with E-state index < -0.39 is 5.97 Å². The third kappa shape index (κ3) is 6.16. The number of aliphatic carboxylic acids is 1. The summed E-state index contributed by atoms with van der Waals surface area (Å²) in [6, 6.07) is 1.77. The molecule has 0 fully saturated rings. The highest BCUT2D eigenvalue weighted by molar-refractivity contribution is 7.12. The van der Waals surface area contributed by atoms with E-state index >= 15 is 0 Å². The number of rotatable bonds is 10. The molecule has 2 N–H and O–H groups in total. The van der Waals surface area contributed by atoms with Crippen molar-refractivity contribution in [1.82, 2.24) is 5.32 Å². The summed E-state index contributed by atoms with van der Waals surface area (Å²) < 4.78 is 5.12. The highest BCUT2D eigenvalue weighted by Crippen LogP contribution is 2.24. The Kier molecular flexibility index (Phi) is 7.82. The number of carbonyl (C=O) groups is 2. The maximum atomic E-state index is 12.0. The van der Waals surface area contributed by atoms with Crippen molar-refractivity contribution in [2.24, 2.45) is 5.92 Å². The van der Waals surface area contributed by atoms with Crippen LogP contribution in [-0.2, 0) is 4.79 Å². The lowest BCUT2D eigenvalue weighted by atomic mass is 9.94. The number of thiophene rings is 1. The van der Waals surface area contributed by atoms with Gasteiger partial charge in [0, 0.05) is 13.0 Å². The third-order valence-electron chi connectivity index (χ3n) is 3.36. The molecule has 0 aliphatic heterocycles. The van der Waals surface area contributed by atoms with Crippen LogP contribution in [0.15, 0.2) is 11.4 Å². The quantitative estimate of drug-likeness (QED) is 0.695. The Labute approximate surface area is 129 Å². The minimum Gasteiger partial charge on any atom is -0.495 e. The van der Waals surface area contributed by atoms with Crippen LogP contribution in [0.4, 0.5) is 0 Å². The topological polar surface area (TPSA) is 75.6 Å². The van der Waals surface area contributed by atoms with Crippen LogP contribution in [-0.4, -0.2) is 30.6 Å². The molecule has 0 aliphatic carbocycles. The van der Waals surface area contributed by atoms with Crippen LogP contribution in [0.3, 0.4) is 0 Å². The van der Waals surface area contributed by atoms with E-state index in [1.807, 2.05) is 5.38 Å². The molecule has 5 nitrogen and oxygen atoms in total. The van der Waals surface area contributed by atoms with Gasteiger partial charge in [0.1, 0.15) is 10.6 Å². The van der Waals surface area contributed by atoms with Gasteiger partial charge < -0.3 is 15.2 Å². The van der Waals surface area contributed by atoms with Gasteiger partial charge in [-0.1, -0.05) is 19.8 Å².